The van der Waals surface area contributed by atoms with Crippen molar-refractivity contribution in [3.8, 4) is 11.1 Å². The first-order valence-corrected chi connectivity index (χ1v) is 7.31. The first-order chi connectivity index (χ1) is 10.2. The van der Waals surface area contributed by atoms with Crippen LogP contribution in [0.2, 0.25) is 0 Å². The predicted octanol–water partition coefficient (Wildman–Crippen LogP) is 4.03. The van der Waals surface area contributed by atoms with Crippen molar-refractivity contribution in [1.82, 2.24) is 5.32 Å². The summed E-state index contributed by atoms with van der Waals surface area (Å²) in [5.74, 6) is -1.08. The third-order valence-corrected chi connectivity index (χ3v) is 3.90. The van der Waals surface area contributed by atoms with E-state index >= 15 is 0 Å². The van der Waals surface area contributed by atoms with E-state index in [9.17, 15) is 8.78 Å². The van der Waals surface area contributed by atoms with Crippen molar-refractivity contribution in [3.63, 3.8) is 0 Å². The summed E-state index contributed by atoms with van der Waals surface area (Å²) in [5.41, 5.74) is 1.58. The van der Waals surface area contributed by atoms with Gasteiger partial charge in [-0.1, -0.05) is 24.3 Å². The van der Waals surface area contributed by atoms with Crippen LogP contribution in [0.5, 0.6) is 0 Å². The van der Waals surface area contributed by atoms with Crippen molar-refractivity contribution in [2.45, 2.75) is 11.8 Å². The second kappa shape index (κ2) is 5.73. The van der Waals surface area contributed by atoms with Crippen LogP contribution in [0.25, 0.3) is 11.1 Å². The van der Waals surface area contributed by atoms with E-state index in [2.05, 4.69) is 15.0 Å². The van der Waals surface area contributed by atoms with Crippen LogP contribution in [-0.4, -0.2) is 12.5 Å². The van der Waals surface area contributed by atoms with Crippen LogP contribution in [0.15, 0.2) is 45.7 Å². The normalized spacial score (nSPS) is 13.2. The lowest BCUT2D eigenvalue weighted by molar-refractivity contribution is 0.511. The van der Waals surface area contributed by atoms with E-state index in [-0.39, 0.29) is 5.56 Å². The van der Waals surface area contributed by atoms with E-state index in [1.807, 2.05) is 13.0 Å². The quantitative estimate of drug-likeness (QED) is 0.822. The third-order valence-electron chi connectivity index (χ3n) is 3.09. The minimum Gasteiger partial charge on any atom is -0.356 e. The maximum atomic E-state index is 14.0. The molecule has 3 nitrogen and oxygen atoms in total. The third kappa shape index (κ3) is 2.58. The molecule has 21 heavy (non-hydrogen) atoms. The Morgan fingerprint density at radius 1 is 1.14 bits per heavy atom. The van der Waals surface area contributed by atoms with Crippen molar-refractivity contribution in [2.24, 2.45) is 4.40 Å². The van der Waals surface area contributed by atoms with Crippen molar-refractivity contribution in [2.75, 3.05) is 11.9 Å². The van der Waals surface area contributed by atoms with Gasteiger partial charge in [0, 0.05) is 29.6 Å². The van der Waals surface area contributed by atoms with Crippen LogP contribution in [0, 0.1) is 11.6 Å². The van der Waals surface area contributed by atoms with Gasteiger partial charge in [0.1, 0.15) is 0 Å². The molecular weight excluding hydrogens is 292 g/mol. The van der Waals surface area contributed by atoms with Crippen LogP contribution in [0.3, 0.4) is 0 Å². The summed E-state index contributed by atoms with van der Waals surface area (Å²) >= 11 is 1.30. The fourth-order valence-corrected chi connectivity index (χ4v) is 2.84. The van der Waals surface area contributed by atoms with Crippen molar-refractivity contribution < 1.29 is 8.78 Å². The Labute approximate surface area is 125 Å². The van der Waals surface area contributed by atoms with E-state index in [4.69, 9.17) is 0 Å². The average Bonchev–Trinajstić information content (AvgIpc) is 2.50. The highest BCUT2D eigenvalue weighted by Gasteiger charge is 2.19. The van der Waals surface area contributed by atoms with Gasteiger partial charge in [0.25, 0.3) is 0 Å². The van der Waals surface area contributed by atoms with E-state index in [0.29, 0.717) is 11.5 Å². The summed E-state index contributed by atoms with van der Waals surface area (Å²) in [7, 11) is 0. The molecule has 2 N–H and O–H groups in total. The van der Waals surface area contributed by atoms with Gasteiger partial charge >= 0.3 is 0 Å². The second-order valence-electron chi connectivity index (χ2n) is 4.47. The monoisotopic (exact) mass is 305 g/mol. The molecule has 1 aliphatic rings. The smallest absolute Gasteiger partial charge is 0.207 e. The van der Waals surface area contributed by atoms with Crippen molar-refractivity contribution in [3.05, 3.63) is 48.0 Å². The standard InChI is InChI=1S/C15H13F2N3S/c1-2-18-15-19-14-10(6-4-8-12(14)21-20-15)9-5-3-7-11(16)13(9)17/h3-8H,2H2,1H3,(H2,18,19,20). The SMILES string of the molecule is CCNC1=NSc2cccc(-c3cccc(F)c3F)c2N1. The number of halogens is 2. The molecule has 0 fully saturated rings. The molecule has 0 saturated carbocycles. The summed E-state index contributed by atoms with van der Waals surface area (Å²) in [6, 6.07) is 9.64. The van der Waals surface area contributed by atoms with E-state index in [1.54, 1.807) is 18.2 Å². The zero-order chi connectivity index (χ0) is 14.8. The molecule has 2 aromatic rings. The molecule has 0 aliphatic carbocycles. The summed E-state index contributed by atoms with van der Waals surface area (Å²) in [6.07, 6.45) is 0. The van der Waals surface area contributed by atoms with Gasteiger partial charge in [0.2, 0.25) is 5.96 Å². The minimum atomic E-state index is -0.853. The Hall–Kier alpha value is -2.08. The van der Waals surface area contributed by atoms with Crippen LogP contribution in [0.4, 0.5) is 14.5 Å². The fourth-order valence-electron chi connectivity index (χ4n) is 2.15. The Bertz CT molecular complexity index is 716. The van der Waals surface area contributed by atoms with Gasteiger partial charge in [0.15, 0.2) is 11.6 Å². The number of para-hydroxylation sites is 1. The van der Waals surface area contributed by atoms with Crippen LogP contribution in [0.1, 0.15) is 6.92 Å². The zero-order valence-corrected chi connectivity index (χ0v) is 12.1. The number of anilines is 1. The fraction of sp³-hybridized carbons (Fsp3) is 0.133. The van der Waals surface area contributed by atoms with Crippen LogP contribution < -0.4 is 10.6 Å². The number of guanidine groups is 1. The maximum absolute atomic E-state index is 14.0. The van der Waals surface area contributed by atoms with E-state index in [1.165, 1.54) is 18.0 Å². The summed E-state index contributed by atoms with van der Waals surface area (Å²) in [5, 5.41) is 6.22. The van der Waals surface area contributed by atoms with Crippen molar-refractivity contribution in [1.29, 1.82) is 0 Å². The number of benzene rings is 2. The molecule has 0 amide bonds. The molecule has 2 aromatic carbocycles. The Balaban J connectivity index is 2.09. The summed E-state index contributed by atoms with van der Waals surface area (Å²) < 4.78 is 31.8. The summed E-state index contributed by atoms with van der Waals surface area (Å²) in [6.45, 7) is 2.68. The lowest BCUT2D eigenvalue weighted by Gasteiger charge is -2.21. The second-order valence-corrected chi connectivity index (χ2v) is 5.27. The molecule has 0 radical (unpaired) electrons. The number of rotatable bonds is 2. The van der Waals surface area contributed by atoms with Gasteiger partial charge < -0.3 is 10.6 Å². The first-order valence-electron chi connectivity index (χ1n) is 6.54. The summed E-state index contributed by atoms with van der Waals surface area (Å²) in [4.78, 5) is 0.873. The Morgan fingerprint density at radius 3 is 2.71 bits per heavy atom. The molecule has 3 rings (SSSR count). The van der Waals surface area contributed by atoms with E-state index < -0.39 is 11.6 Å². The van der Waals surface area contributed by atoms with Crippen LogP contribution in [-0.2, 0) is 0 Å². The molecule has 0 bridgehead atoms. The molecule has 0 aromatic heterocycles. The maximum Gasteiger partial charge on any atom is 0.207 e. The molecule has 6 heteroatoms. The number of nitrogens with zero attached hydrogens (tertiary/aromatic N) is 1. The molecule has 1 aliphatic heterocycles. The Kier molecular flexibility index (Phi) is 3.79. The number of hydrogen-bond donors (Lipinski definition) is 2. The van der Waals surface area contributed by atoms with Gasteiger partial charge in [-0.25, -0.2) is 8.78 Å². The zero-order valence-electron chi connectivity index (χ0n) is 11.3. The number of nitrogens with one attached hydrogen (secondary N) is 2. The van der Waals surface area contributed by atoms with Gasteiger partial charge in [-0.2, -0.15) is 4.40 Å². The lowest BCUT2D eigenvalue weighted by atomic mass is 10.0. The largest absolute Gasteiger partial charge is 0.356 e. The van der Waals surface area contributed by atoms with E-state index in [0.717, 1.165) is 23.2 Å². The highest BCUT2D eigenvalue weighted by atomic mass is 32.2. The van der Waals surface area contributed by atoms with Crippen molar-refractivity contribution >= 4 is 23.6 Å². The molecule has 0 spiro atoms. The topological polar surface area (TPSA) is 36.4 Å². The molecule has 0 unspecified atom stereocenters. The average molecular weight is 305 g/mol. The van der Waals surface area contributed by atoms with Crippen LogP contribution >= 0.6 is 11.9 Å². The number of fused-ring (bicyclic) bond motifs is 1. The Morgan fingerprint density at radius 2 is 1.90 bits per heavy atom. The number of hydrogen-bond acceptors (Lipinski definition) is 4. The molecule has 1 heterocycles. The molecule has 108 valence electrons. The van der Waals surface area contributed by atoms with Gasteiger partial charge in [-0.15, -0.1) is 0 Å². The van der Waals surface area contributed by atoms with Gasteiger partial charge in [-0.3, -0.25) is 0 Å². The highest BCUT2D eigenvalue weighted by Crippen LogP contribution is 2.40. The molecule has 0 saturated heterocycles. The molecule has 0 atom stereocenters. The van der Waals surface area contributed by atoms with Gasteiger partial charge in [0.05, 0.1) is 10.6 Å². The lowest BCUT2D eigenvalue weighted by Crippen LogP contribution is -2.31. The van der Waals surface area contributed by atoms with Gasteiger partial charge in [-0.05, 0) is 19.1 Å². The minimum absolute atomic E-state index is 0.234. The predicted molar refractivity (Wildman–Crippen MR) is 82.4 cm³/mol. The first kappa shape index (κ1) is 13.9. The molecular formula is C15H13F2N3S. The highest BCUT2D eigenvalue weighted by molar-refractivity contribution is 7.98.